The second-order valence-electron chi connectivity index (χ2n) is 6.64. The number of hydrogen-bond acceptors (Lipinski definition) is 5. The van der Waals surface area contributed by atoms with E-state index >= 15 is 0 Å². The van der Waals surface area contributed by atoms with E-state index in [0.29, 0.717) is 19.5 Å². The maximum atomic E-state index is 12.0. The summed E-state index contributed by atoms with van der Waals surface area (Å²) >= 11 is 0. The minimum absolute atomic E-state index is 0.0201. The van der Waals surface area contributed by atoms with Gasteiger partial charge in [-0.3, -0.25) is 14.5 Å². The number of carbonyl (C=O) groups is 2. The van der Waals surface area contributed by atoms with Gasteiger partial charge in [0.25, 0.3) is 0 Å². The van der Waals surface area contributed by atoms with Gasteiger partial charge in [0.05, 0.1) is 25.0 Å². The number of nitrogens with one attached hydrogen (secondary N) is 2. The number of carbonyl (C=O) groups excluding carboxylic acids is 2. The molecule has 0 aromatic carbocycles. The molecule has 0 radical (unpaired) electrons. The molecule has 2 fully saturated rings. The zero-order valence-electron chi connectivity index (χ0n) is 14.3. The van der Waals surface area contributed by atoms with Crippen LogP contribution in [-0.2, 0) is 14.3 Å². The van der Waals surface area contributed by atoms with Crippen LogP contribution in [0.3, 0.4) is 0 Å². The van der Waals surface area contributed by atoms with E-state index < -0.39 is 0 Å². The molecular formula is C16H30N4O3. The van der Waals surface area contributed by atoms with Crippen LogP contribution in [0.5, 0.6) is 0 Å². The predicted molar refractivity (Wildman–Crippen MR) is 88.0 cm³/mol. The van der Waals surface area contributed by atoms with Crippen molar-refractivity contribution >= 4 is 11.8 Å². The van der Waals surface area contributed by atoms with Gasteiger partial charge in [0.1, 0.15) is 0 Å². The Morgan fingerprint density at radius 1 is 1.09 bits per heavy atom. The number of amides is 2. The zero-order chi connectivity index (χ0) is 16.7. The van der Waals surface area contributed by atoms with Gasteiger partial charge in [-0.2, -0.15) is 0 Å². The van der Waals surface area contributed by atoms with Crippen LogP contribution in [0.4, 0.5) is 0 Å². The molecule has 7 heteroatoms. The molecule has 0 aromatic rings. The first-order valence-electron chi connectivity index (χ1n) is 8.58. The molecule has 0 aromatic heterocycles. The number of ether oxygens (including phenoxy) is 1. The van der Waals surface area contributed by atoms with E-state index in [1.54, 1.807) is 0 Å². The summed E-state index contributed by atoms with van der Waals surface area (Å²) in [5, 5.41) is 5.88. The first kappa shape index (κ1) is 18.2. The zero-order valence-corrected chi connectivity index (χ0v) is 14.3. The largest absolute Gasteiger partial charge is 0.379 e. The summed E-state index contributed by atoms with van der Waals surface area (Å²) in [6, 6.07) is 0. The van der Waals surface area contributed by atoms with Crippen LogP contribution in [0.15, 0.2) is 0 Å². The minimum atomic E-state index is -0.131. The molecule has 1 aliphatic carbocycles. The van der Waals surface area contributed by atoms with Gasteiger partial charge < -0.3 is 20.3 Å². The molecule has 1 heterocycles. The van der Waals surface area contributed by atoms with Crippen LogP contribution in [0.25, 0.3) is 0 Å². The Hall–Kier alpha value is -1.18. The highest BCUT2D eigenvalue weighted by Gasteiger charge is 2.47. The third-order valence-corrected chi connectivity index (χ3v) is 4.38. The van der Waals surface area contributed by atoms with Crippen LogP contribution in [0, 0.1) is 11.8 Å². The maximum Gasteiger partial charge on any atom is 0.223 e. The Kier molecular flexibility index (Phi) is 7.26. The van der Waals surface area contributed by atoms with Gasteiger partial charge in [0.15, 0.2) is 0 Å². The van der Waals surface area contributed by atoms with Gasteiger partial charge in [0, 0.05) is 32.7 Å². The molecule has 23 heavy (non-hydrogen) atoms. The standard InChI is InChI=1S/C16H30N4O3/c1-19(2)6-3-4-17-15(21)13-12-14(13)16(22)18-5-7-20-8-10-23-11-9-20/h13-14H,3-12H2,1-2H3,(H,17,21)(H,18,22). The van der Waals surface area contributed by atoms with Gasteiger partial charge in [0.2, 0.25) is 11.8 Å². The van der Waals surface area contributed by atoms with Crippen LogP contribution in [-0.4, -0.2) is 88.2 Å². The van der Waals surface area contributed by atoms with Crippen molar-refractivity contribution < 1.29 is 14.3 Å². The topological polar surface area (TPSA) is 73.9 Å². The number of hydrogen-bond donors (Lipinski definition) is 2. The van der Waals surface area contributed by atoms with Crippen molar-refractivity contribution in [1.29, 1.82) is 0 Å². The summed E-state index contributed by atoms with van der Waals surface area (Å²) in [5.41, 5.74) is 0. The average Bonchev–Trinajstić information content (AvgIpc) is 3.33. The van der Waals surface area contributed by atoms with E-state index in [-0.39, 0.29) is 23.7 Å². The van der Waals surface area contributed by atoms with Crippen molar-refractivity contribution in [3.05, 3.63) is 0 Å². The number of morpholine rings is 1. The fourth-order valence-electron chi connectivity index (χ4n) is 2.81. The molecule has 2 rings (SSSR count). The monoisotopic (exact) mass is 326 g/mol. The Morgan fingerprint density at radius 3 is 2.30 bits per heavy atom. The van der Waals surface area contributed by atoms with Gasteiger partial charge >= 0.3 is 0 Å². The first-order valence-corrected chi connectivity index (χ1v) is 8.58. The van der Waals surface area contributed by atoms with Crippen molar-refractivity contribution in [1.82, 2.24) is 20.4 Å². The molecule has 1 saturated heterocycles. The van der Waals surface area contributed by atoms with E-state index in [1.165, 1.54) is 0 Å². The fraction of sp³-hybridized carbons (Fsp3) is 0.875. The lowest BCUT2D eigenvalue weighted by molar-refractivity contribution is -0.127. The maximum absolute atomic E-state index is 12.0. The molecule has 2 aliphatic rings. The van der Waals surface area contributed by atoms with Crippen LogP contribution in [0.2, 0.25) is 0 Å². The molecule has 2 unspecified atom stereocenters. The normalized spacial score (nSPS) is 24.5. The molecular weight excluding hydrogens is 296 g/mol. The highest BCUT2D eigenvalue weighted by atomic mass is 16.5. The molecule has 2 amide bonds. The number of nitrogens with zero attached hydrogens (tertiary/aromatic N) is 2. The molecule has 132 valence electrons. The quantitative estimate of drug-likeness (QED) is 0.539. The van der Waals surface area contributed by atoms with Crippen molar-refractivity contribution in [2.45, 2.75) is 12.8 Å². The smallest absolute Gasteiger partial charge is 0.223 e. The fourth-order valence-corrected chi connectivity index (χ4v) is 2.81. The Morgan fingerprint density at radius 2 is 1.70 bits per heavy atom. The molecule has 7 nitrogen and oxygen atoms in total. The summed E-state index contributed by atoms with van der Waals surface area (Å²) in [6.45, 7) is 6.53. The Labute approximate surface area is 138 Å². The van der Waals surface area contributed by atoms with Crippen molar-refractivity contribution in [3.63, 3.8) is 0 Å². The first-order chi connectivity index (χ1) is 11.1. The van der Waals surface area contributed by atoms with E-state index in [0.717, 1.165) is 45.8 Å². The summed E-state index contributed by atoms with van der Waals surface area (Å²) in [7, 11) is 4.03. The summed E-state index contributed by atoms with van der Waals surface area (Å²) in [6.07, 6.45) is 1.62. The summed E-state index contributed by atoms with van der Waals surface area (Å²) < 4.78 is 5.29. The third-order valence-electron chi connectivity index (χ3n) is 4.38. The lowest BCUT2D eigenvalue weighted by atomic mass is 10.2. The highest BCUT2D eigenvalue weighted by Crippen LogP contribution is 2.38. The van der Waals surface area contributed by atoms with E-state index in [2.05, 4.69) is 20.4 Å². The van der Waals surface area contributed by atoms with Crippen molar-refractivity contribution in [3.8, 4) is 0 Å². The molecule has 2 N–H and O–H groups in total. The number of rotatable bonds is 9. The molecule has 1 saturated carbocycles. The van der Waals surface area contributed by atoms with Gasteiger partial charge in [-0.1, -0.05) is 0 Å². The highest BCUT2D eigenvalue weighted by molar-refractivity contribution is 5.92. The van der Waals surface area contributed by atoms with E-state index in [9.17, 15) is 9.59 Å². The van der Waals surface area contributed by atoms with Gasteiger partial charge in [-0.25, -0.2) is 0 Å². The second-order valence-corrected chi connectivity index (χ2v) is 6.64. The predicted octanol–water partition coefficient (Wildman–Crippen LogP) is -0.861. The lowest BCUT2D eigenvalue weighted by Gasteiger charge is -2.26. The van der Waals surface area contributed by atoms with Gasteiger partial charge in [-0.15, -0.1) is 0 Å². The summed E-state index contributed by atoms with van der Waals surface area (Å²) in [4.78, 5) is 28.4. The van der Waals surface area contributed by atoms with Crippen LogP contribution < -0.4 is 10.6 Å². The third kappa shape index (κ3) is 6.45. The lowest BCUT2D eigenvalue weighted by Crippen LogP contribution is -2.41. The minimum Gasteiger partial charge on any atom is -0.379 e. The van der Waals surface area contributed by atoms with Gasteiger partial charge in [-0.05, 0) is 33.5 Å². The molecule has 1 aliphatic heterocycles. The van der Waals surface area contributed by atoms with E-state index in [1.807, 2.05) is 14.1 Å². The van der Waals surface area contributed by atoms with Crippen LogP contribution in [0.1, 0.15) is 12.8 Å². The van der Waals surface area contributed by atoms with E-state index in [4.69, 9.17) is 4.74 Å². The SMILES string of the molecule is CN(C)CCCNC(=O)C1CC1C(=O)NCCN1CCOCC1. The van der Waals surface area contributed by atoms with Crippen LogP contribution >= 0.6 is 0 Å². The summed E-state index contributed by atoms with van der Waals surface area (Å²) in [5.74, 6) is -0.213. The van der Waals surface area contributed by atoms with Crippen molar-refractivity contribution in [2.75, 3.05) is 66.6 Å². The second kappa shape index (κ2) is 9.20. The Bertz CT molecular complexity index is 397. The molecule has 0 bridgehead atoms. The Balaban J connectivity index is 1.53. The van der Waals surface area contributed by atoms with Crippen molar-refractivity contribution in [2.24, 2.45) is 11.8 Å². The molecule has 2 atom stereocenters. The average molecular weight is 326 g/mol. The molecule has 0 spiro atoms.